The number of carbonyl (C=O) groups excluding carboxylic acids is 2. The number of ether oxygens (including phenoxy) is 1. The quantitative estimate of drug-likeness (QED) is 0.821. The molecule has 0 atom stereocenters. The Morgan fingerprint density at radius 3 is 2.36 bits per heavy atom. The highest BCUT2D eigenvalue weighted by molar-refractivity contribution is 5.89. The highest BCUT2D eigenvalue weighted by Crippen LogP contribution is 2.23. The summed E-state index contributed by atoms with van der Waals surface area (Å²) in [5.74, 6) is 0.423. The van der Waals surface area contributed by atoms with Crippen LogP contribution in [-0.2, 0) is 9.53 Å². The van der Waals surface area contributed by atoms with Gasteiger partial charge in [-0.25, -0.2) is 4.79 Å². The number of anilines is 1. The van der Waals surface area contributed by atoms with Crippen molar-refractivity contribution in [1.82, 2.24) is 5.32 Å². The van der Waals surface area contributed by atoms with Crippen LogP contribution in [0.1, 0.15) is 43.0 Å². The number of methoxy groups -OCH3 is 1. The summed E-state index contributed by atoms with van der Waals surface area (Å²) < 4.78 is 4.64. The third-order valence-electron chi connectivity index (χ3n) is 4.14. The average molecular weight is 304 g/mol. The number of nitrogens with one attached hydrogen (secondary N) is 2. The highest BCUT2D eigenvalue weighted by atomic mass is 16.5. The van der Waals surface area contributed by atoms with Gasteiger partial charge in [-0.2, -0.15) is 0 Å². The van der Waals surface area contributed by atoms with Gasteiger partial charge in [0.15, 0.2) is 0 Å². The third kappa shape index (κ3) is 4.76. The van der Waals surface area contributed by atoms with E-state index in [1.165, 1.54) is 20.0 Å². The first kappa shape index (κ1) is 16.3. The third-order valence-corrected chi connectivity index (χ3v) is 4.14. The summed E-state index contributed by atoms with van der Waals surface area (Å²) in [6.45, 7) is 2.50. The standard InChI is InChI=1S/C17H24N2O3/c1-12-3-7-15(8-4-12)19-16(20)11-18-14-9-5-13(6-10-14)17(21)22-2/h5-6,9-10,12,15,18H,3-4,7-8,11H2,1-2H3,(H,19,20). The van der Waals surface area contributed by atoms with Crippen molar-refractivity contribution in [2.45, 2.75) is 38.6 Å². The van der Waals surface area contributed by atoms with Crippen LogP contribution in [-0.4, -0.2) is 31.6 Å². The lowest BCUT2D eigenvalue weighted by Crippen LogP contribution is -2.40. The van der Waals surface area contributed by atoms with Crippen LogP contribution in [0.5, 0.6) is 0 Å². The van der Waals surface area contributed by atoms with Gasteiger partial charge in [0.1, 0.15) is 0 Å². The van der Waals surface area contributed by atoms with Crippen LogP contribution in [0.3, 0.4) is 0 Å². The molecule has 0 radical (unpaired) electrons. The molecule has 0 aromatic heterocycles. The van der Waals surface area contributed by atoms with Crippen LogP contribution in [0.15, 0.2) is 24.3 Å². The Hall–Kier alpha value is -2.04. The van der Waals surface area contributed by atoms with Crippen molar-refractivity contribution in [3.63, 3.8) is 0 Å². The van der Waals surface area contributed by atoms with E-state index in [0.717, 1.165) is 24.4 Å². The van der Waals surface area contributed by atoms with E-state index in [2.05, 4.69) is 22.3 Å². The normalized spacial score (nSPS) is 21.0. The lowest BCUT2D eigenvalue weighted by Gasteiger charge is -2.27. The van der Waals surface area contributed by atoms with Gasteiger partial charge in [0.25, 0.3) is 0 Å². The van der Waals surface area contributed by atoms with E-state index < -0.39 is 0 Å². The summed E-state index contributed by atoms with van der Waals surface area (Å²) in [5.41, 5.74) is 1.30. The van der Waals surface area contributed by atoms with Crippen molar-refractivity contribution in [2.24, 2.45) is 5.92 Å². The number of hydrogen-bond acceptors (Lipinski definition) is 4. The molecule has 1 aromatic carbocycles. The molecule has 5 nitrogen and oxygen atoms in total. The Morgan fingerprint density at radius 1 is 1.14 bits per heavy atom. The molecule has 1 aromatic rings. The zero-order chi connectivity index (χ0) is 15.9. The molecule has 22 heavy (non-hydrogen) atoms. The maximum atomic E-state index is 11.9. The topological polar surface area (TPSA) is 67.4 Å². The van der Waals surface area contributed by atoms with Gasteiger partial charge in [-0.1, -0.05) is 6.92 Å². The molecule has 0 unspecified atom stereocenters. The van der Waals surface area contributed by atoms with Gasteiger partial charge in [-0.05, 0) is 55.9 Å². The molecule has 0 heterocycles. The van der Waals surface area contributed by atoms with E-state index in [-0.39, 0.29) is 18.4 Å². The summed E-state index contributed by atoms with van der Waals surface area (Å²) >= 11 is 0. The molecular formula is C17H24N2O3. The number of amides is 1. The van der Waals surface area contributed by atoms with Gasteiger partial charge in [-0.15, -0.1) is 0 Å². The Bertz CT molecular complexity index is 505. The molecule has 0 saturated heterocycles. The predicted molar refractivity (Wildman–Crippen MR) is 85.8 cm³/mol. The zero-order valence-corrected chi connectivity index (χ0v) is 13.2. The second kappa shape index (κ2) is 7.82. The van der Waals surface area contributed by atoms with Crippen LogP contribution < -0.4 is 10.6 Å². The zero-order valence-electron chi connectivity index (χ0n) is 13.2. The minimum atomic E-state index is -0.365. The maximum absolute atomic E-state index is 11.9. The summed E-state index contributed by atoms with van der Waals surface area (Å²) in [7, 11) is 1.35. The van der Waals surface area contributed by atoms with Gasteiger partial charge in [0, 0.05) is 11.7 Å². The molecule has 1 fully saturated rings. The number of esters is 1. The van der Waals surface area contributed by atoms with Crippen LogP contribution >= 0.6 is 0 Å². The fraction of sp³-hybridized carbons (Fsp3) is 0.529. The monoisotopic (exact) mass is 304 g/mol. The van der Waals surface area contributed by atoms with Crippen molar-refractivity contribution in [2.75, 3.05) is 19.0 Å². The van der Waals surface area contributed by atoms with Crippen molar-refractivity contribution in [1.29, 1.82) is 0 Å². The fourth-order valence-corrected chi connectivity index (χ4v) is 2.71. The lowest BCUT2D eigenvalue weighted by atomic mass is 9.87. The minimum absolute atomic E-state index is 0.0107. The SMILES string of the molecule is COC(=O)c1ccc(NCC(=O)NC2CCC(C)CC2)cc1. The van der Waals surface area contributed by atoms with Crippen LogP contribution in [0.2, 0.25) is 0 Å². The van der Waals surface area contributed by atoms with Crippen molar-refractivity contribution in [3.8, 4) is 0 Å². The summed E-state index contributed by atoms with van der Waals surface area (Å²) in [6.07, 6.45) is 4.52. The number of benzene rings is 1. The Labute approximate surface area is 131 Å². The van der Waals surface area contributed by atoms with Crippen molar-refractivity contribution >= 4 is 17.6 Å². The fourth-order valence-electron chi connectivity index (χ4n) is 2.71. The van der Waals surface area contributed by atoms with E-state index in [0.29, 0.717) is 11.6 Å². The molecule has 1 aliphatic carbocycles. The van der Waals surface area contributed by atoms with Gasteiger partial charge in [0.2, 0.25) is 5.91 Å². The molecule has 0 spiro atoms. The minimum Gasteiger partial charge on any atom is -0.465 e. The smallest absolute Gasteiger partial charge is 0.337 e. The summed E-state index contributed by atoms with van der Waals surface area (Å²) in [5, 5.41) is 6.14. The van der Waals surface area contributed by atoms with Crippen LogP contribution in [0.25, 0.3) is 0 Å². The van der Waals surface area contributed by atoms with E-state index >= 15 is 0 Å². The molecule has 120 valence electrons. The largest absolute Gasteiger partial charge is 0.465 e. The molecule has 1 amide bonds. The first-order valence-corrected chi connectivity index (χ1v) is 7.80. The Morgan fingerprint density at radius 2 is 1.77 bits per heavy atom. The Kier molecular flexibility index (Phi) is 5.81. The van der Waals surface area contributed by atoms with E-state index in [1.807, 2.05) is 0 Å². The molecular weight excluding hydrogens is 280 g/mol. The van der Waals surface area contributed by atoms with Gasteiger partial charge >= 0.3 is 5.97 Å². The predicted octanol–water partition coefficient (Wildman–Crippen LogP) is 2.58. The lowest BCUT2D eigenvalue weighted by molar-refractivity contribution is -0.120. The van der Waals surface area contributed by atoms with E-state index in [1.54, 1.807) is 24.3 Å². The molecule has 2 N–H and O–H groups in total. The second-order valence-corrected chi connectivity index (χ2v) is 5.95. The average Bonchev–Trinajstić information content (AvgIpc) is 2.55. The van der Waals surface area contributed by atoms with Crippen molar-refractivity contribution < 1.29 is 14.3 Å². The van der Waals surface area contributed by atoms with Crippen molar-refractivity contribution in [3.05, 3.63) is 29.8 Å². The van der Waals surface area contributed by atoms with E-state index in [9.17, 15) is 9.59 Å². The second-order valence-electron chi connectivity index (χ2n) is 5.95. The first-order chi connectivity index (χ1) is 10.6. The maximum Gasteiger partial charge on any atom is 0.337 e. The molecule has 1 aliphatic rings. The highest BCUT2D eigenvalue weighted by Gasteiger charge is 2.19. The number of hydrogen-bond donors (Lipinski definition) is 2. The molecule has 1 saturated carbocycles. The molecule has 2 rings (SSSR count). The molecule has 5 heteroatoms. The van der Waals surface area contributed by atoms with Gasteiger partial charge < -0.3 is 15.4 Å². The van der Waals surface area contributed by atoms with Crippen LogP contribution in [0.4, 0.5) is 5.69 Å². The summed E-state index contributed by atoms with van der Waals surface area (Å²) in [4.78, 5) is 23.3. The van der Waals surface area contributed by atoms with Gasteiger partial charge in [-0.3, -0.25) is 4.79 Å². The van der Waals surface area contributed by atoms with Crippen LogP contribution in [0, 0.1) is 5.92 Å². The number of rotatable bonds is 5. The number of carbonyl (C=O) groups is 2. The summed E-state index contributed by atoms with van der Waals surface area (Å²) in [6, 6.07) is 7.19. The molecule has 0 bridgehead atoms. The van der Waals surface area contributed by atoms with Gasteiger partial charge in [0.05, 0.1) is 19.2 Å². The van der Waals surface area contributed by atoms with E-state index in [4.69, 9.17) is 0 Å². The first-order valence-electron chi connectivity index (χ1n) is 7.80. The Balaban J connectivity index is 1.75. The molecule has 0 aliphatic heterocycles.